The molecule has 4 rings (SSSR count). The molecule has 0 aliphatic carbocycles. The van der Waals surface area contributed by atoms with E-state index in [1.54, 1.807) is 0 Å². The molecule has 0 saturated carbocycles. The third-order valence-electron chi connectivity index (χ3n) is 5.29. The lowest BCUT2D eigenvalue weighted by atomic mass is 10.1. The van der Waals surface area contributed by atoms with E-state index in [4.69, 9.17) is 0 Å². The number of piperidine rings is 1. The molecule has 2 aromatic rings. The van der Waals surface area contributed by atoms with Crippen molar-refractivity contribution in [2.75, 3.05) is 73.0 Å². The number of aromatic nitrogens is 4. The van der Waals surface area contributed by atoms with Crippen molar-refractivity contribution in [2.45, 2.75) is 19.3 Å². The van der Waals surface area contributed by atoms with Gasteiger partial charge in [-0.1, -0.05) is 0 Å². The van der Waals surface area contributed by atoms with Gasteiger partial charge in [-0.25, -0.2) is 4.98 Å². The number of anilines is 4. The third kappa shape index (κ3) is 4.04. The highest BCUT2D eigenvalue weighted by Crippen LogP contribution is 2.21. The van der Waals surface area contributed by atoms with E-state index in [-0.39, 0.29) is 0 Å². The van der Waals surface area contributed by atoms with E-state index in [0.717, 1.165) is 62.7 Å². The van der Waals surface area contributed by atoms with E-state index >= 15 is 0 Å². The summed E-state index contributed by atoms with van der Waals surface area (Å²) >= 11 is 0. The van der Waals surface area contributed by atoms with Crippen LogP contribution in [0.2, 0.25) is 0 Å². The van der Waals surface area contributed by atoms with Crippen molar-refractivity contribution in [1.29, 1.82) is 0 Å². The fourth-order valence-corrected chi connectivity index (χ4v) is 3.65. The van der Waals surface area contributed by atoms with Crippen LogP contribution < -0.4 is 19.6 Å². The minimum Gasteiger partial charge on any atom is -0.363 e. The van der Waals surface area contributed by atoms with Crippen LogP contribution in [0.4, 0.5) is 23.4 Å². The summed E-state index contributed by atoms with van der Waals surface area (Å²) in [5.74, 6) is 3.69. The van der Waals surface area contributed by atoms with Crippen LogP contribution in [-0.2, 0) is 0 Å². The summed E-state index contributed by atoms with van der Waals surface area (Å²) in [6, 6.07) is 6.15. The van der Waals surface area contributed by atoms with Crippen molar-refractivity contribution in [1.82, 2.24) is 20.2 Å². The molecule has 0 aromatic carbocycles. The molecular formula is C19H28N8. The Balaban J connectivity index is 1.37. The second-order valence-electron chi connectivity index (χ2n) is 7.38. The van der Waals surface area contributed by atoms with Crippen molar-refractivity contribution < 1.29 is 0 Å². The Morgan fingerprint density at radius 3 is 1.93 bits per heavy atom. The molecule has 8 heteroatoms. The number of hydrogen-bond acceptors (Lipinski definition) is 8. The van der Waals surface area contributed by atoms with Gasteiger partial charge in [-0.05, 0) is 37.5 Å². The van der Waals surface area contributed by atoms with Crippen LogP contribution in [0.3, 0.4) is 0 Å². The maximum Gasteiger partial charge on any atom is 0.227 e. The predicted octanol–water partition coefficient (Wildman–Crippen LogP) is 1.65. The first-order chi connectivity index (χ1) is 13.2. The van der Waals surface area contributed by atoms with Gasteiger partial charge in [0, 0.05) is 59.6 Å². The van der Waals surface area contributed by atoms with E-state index in [9.17, 15) is 0 Å². The van der Waals surface area contributed by atoms with Crippen LogP contribution in [0, 0.1) is 0 Å². The highest BCUT2D eigenvalue weighted by molar-refractivity contribution is 5.48. The molecule has 27 heavy (non-hydrogen) atoms. The minimum absolute atomic E-state index is 0.799. The van der Waals surface area contributed by atoms with Crippen molar-refractivity contribution >= 4 is 23.4 Å². The smallest absolute Gasteiger partial charge is 0.227 e. The third-order valence-corrected chi connectivity index (χ3v) is 5.29. The Labute approximate surface area is 160 Å². The second kappa shape index (κ2) is 7.94. The summed E-state index contributed by atoms with van der Waals surface area (Å²) < 4.78 is 0. The van der Waals surface area contributed by atoms with Crippen molar-refractivity contribution in [3.05, 3.63) is 24.4 Å². The largest absolute Gasteiger partial charge is 0.363 e. The van der Waals surface area contributed by atoms with Crippen LogP contribution in [0.25, 0.3) is 0 Å². The topological polar surface area (TPSA) is 64.5 Å². The number of nitrogens with zero attached hydrogens (tertiary/aromatic N) is 8. The standard InChI is InChI=1S/C19H28N8/c1-24(2)16-8-9-20-19(21-16)27-14-12-26(13-15-27)18-7-6-17(22-23-18)25-10-4-3-5-11-25/h6-9H,3-5,10-15H2,1-2H3. The SMILES string of the molecule is CN(C)c1ccnc(N2CCN(c3ccc(N4CCCCC4)nn3)CC2)n1. The average molecular weight is 368 g/mol. The molecule has 2 fully saturated rings. The highest BCUT2D eigenvalue weighted by Gasteiger charge is 2.21. The van der Waals surface area contributed by atoms with Crippen LogP contribution in [0.1, 0.15) is 19.3 Å². The second-order valence-corrected chi connectivity index (χ2v) is 7.38. The fraction of sp³-hybridized carbons (Fsp3) is 0.579. The Bertz CT molecular complexity index is 734. The van der Waals surface area contributed by atoms with Gasteiger partial charge in [0.1, 0.15) is 5.82 Å². The monoisotopic (exact) mass is 368 g/mol. The average Bonchev–Trinajstić information content (AvgIpc) is 2.75. The van der Waals surface area contributed by atoms with Gasteiger partial charge in [-0.2, -0.15) is 4.98 Å². The molecule has 0 N–H and O–H groups in total. The van der Waals surface area contributed by atoms with Crippen LogP contribution >= 0.6 is 0 Å². The summed E-state index contributed by atoms with van der Waals surface area (Å²) in [5.41, 5.74) is 0. The van der Waals surface area contributed by atoms with Crippen LogP contribution in [0.15, 0.2) is 24.4 Å². The summed E-state index contributed by atoms with van der Waals surface area (Å²) in [6.07, 6.45) is 5.66. The molecule has 2 saturated heterocycles. The number of piperazine rings is 1. The molecule has 2 aliphatic rings. The van der Waals surface area contributed by atoms with Gasteiger partial charge >= 0.3 is 0 Å². The number of hydrogen-bond donors (Lipinski definition) is 0. The zero-order valence-electron chi connectivity index (χ0n) is 16.3. The molecule has 2 aromatic heterocycles. The van der Waals surface area contributed by atoms with Gasteiger partial charge in [0.25, 0.3) is 0 Å². The zero-order valence-corrected chi connectivity index (χ0v) is 16.3. The van der Waals surface area contributed by atoms with Gasteiger partial charge in [0.15, 0.2) is 11.6 Å². The van der Waals surface area contributed by atoms with E-state index in [1.165, 1.54) is 19.3 Å². The maximum absolute atomic E-state index is 4.65. The van der Waals surface area contributed by atoms with E-state index in [1.807, 2.05) is 31.3 Å². The number of rotatable bonds is 4. The normalized spacial score (nSPS) is 17.9. The molecule has 144 valence electrons. The highest BCUT2D eigenvalue weighted by atomic mass is 15.4. The first kappa shape index (κ1) is 17.8. The lowest BCUT2D eigenvalue weighted by Gasteiger charge is -2.35. The molecule has 0 radical (unpaired) electrons. The van der Waals surface area contributed by atoms with Gasteiger partial charge in [0.05, 0.1) is 0 Å². The van der Waals surface area contributed by atoms with Crippen molar-refractivity contribution in [3.63, 3.8) is 0 Å². The van der Waals surface area contributed by atoms with E-state index in [0.29, 0.717) is 0 Å². The van der Waals surface area contributed by atoms with Gasteiger partial charge < -0.3 is 19.6 Å². The van der Waals surface area contributed by atoms with Crippen molar-refractivity contribution in [3.8, 4) is 0 Å². The molecule has 0 atom stereocenters. The van der Waals surface area contributed by atoms with Crippen molar-refractivity contribution in [2.24, 2.45) is 0 Å². The molecule has 0 bridgehead atoms. The quantitative estimate of drug-likeness (QED) is 0.807. The maximum atomic E-state index is 4.65. The summed E-state index contributed by atoms with van der Waals surface area (Å²) in [4.78, 5) is 18.0. The van der Waals surface area contributed by atoms with E-state index in [2.05, 4.69) is 47.0 Å². The van der Waals surface area contributed by atoms with Crippen LogP contribution in [0.5, 0.6) is 0 Å². The lowest BCUT2D eigenvalue weighted by molar-refractivity contribution is 0.570. The first-order valence-corrected chi connectivity index (χ1v) is 9.80. The summed E-state index contributed by atoms with van der Waals surface area (Å²) in [5, 5.41) is 8.97. The Hall–Kier alpha value is -2.64. The predicted molar refractivity (Wildman–Crippen MR) is 109 cm³/mol. The van der Waals surface area contributed by atoms with Gasteiger partial charge in [-0.3, -0.25) is 0 Å². The molecule has 8 nitrogen and oxygen atoms in total. The minimum atomic E-state index is 0.799. The van der Waals surface area contributed by atoms with Gasteiger partial charge in [0.2, 0.25) is 5.95 Å². The Kier molecular flexibility index (Phi) is 5.22. The van der Waals surface area contributed by atoms with E-state index < -0.39 is 0 Å². The zero-order chi connectivity index (χ0) is 18.6. The summed E-state index contributed by atoms with van der Waals surface area (Å²) in [6.45, 7) is 5.75. The van der Waals surface area contributed by atoms with Crippen LogP contribution in [-0.4, -0.2) is 73.5 Å². The fourth-order valence-electron chi connectivity index (χ4n) is 3.65. The Morgan fingerprint density at radius 2 is 1.33 bits per heavy atom. The first-order valence-electron chi connectivity index (χ1n) is 9.80. The molecular weight excluding hydrogens is 340 g/mol. The lowest BCUT2D eigenvalue weighted by Crippen LogP contribution is -2.47. The Morgan fingerprint density at radius 1 is 0.741 bits per heavy atom. The molecule has 2 aliphatic heterocycles. The molecule has 0 spiro atoms. The summed E-state index contributed by atoms with van der Waals surface area (Å²) in [7, 11) is 3.99. The van der Waals surface area contributed by atoms with Gasteiger partial charge in [-0.15, -0.1) is 10.2 Å². The molecule has 0 unspecified atom stereocenters. The molecule has 0 amide bonds. The molecule has 4 heterocycles.